The van der Waals surface area contributed by atoms with Gasteiger partial charge in [-0.25, -0.2) is 9.37 Å². The Morgan fingerprint density at radius 2 is 1.92 bits per heavy atom. The van der Waals surface area contributed by atoms with E-state index in [-0.39, 0.29) is 11.7 Å². The normalized spacial score (nSPS) is 15.0. The molecule has 1 saturated heterocycles. The van der Waals surface area contributed by atoms with Gasteiger partial charge in [-0.1, -0.05) is 29.0 Å². The van der Waals surface area contributed by atoms with Crippen LogP contribution in [0.2, 0.25) is 0 Å². The van der Waals surface area contributed by atoms with Crippen molar-refractivity contribution in [3.8, 4) is 0 Å². The number of halogens is 1. The van der Waals surface area contributed by atoms with Gasteiger partial charge in [0.25, 0.3) is 5.91 Å². The standard InChI is InChI=1S/C19H18FN3OS/c1-13-3-2-4-14(11-13)18(24)22-7-9-23(10-8-22)19-21-16-6-5-15(20)12-17(16)25-19/h2-6,11-12H,7-10H2,1H3. The number of aromatic nitrogens is 1. The van der Waals surface area contributed by atoms with Crippen LogP contribution < -0.4 is 4.90 Å². The Labute approximate surface area is 149 Å². The molecule has 0 N–H and O–H groups in total. The van der Waals surface area contributed by atoms with Gasteiger partial charge >= 0.3 is 0 Å². The maximum absolute atomic E-state index is 13.3. The number of amides is 1. The molecular weight excluding hydrogens is 337 g/mol. The topological polar surface area (TPSA) is 36.4 Å². The fourth-order valence-corrected chi connectivity index (χ4v) is 4.13. The Kier molecular flexibility index (Phi) is 4.13. The monoisotopic (exact) mass is 355 g/mol. The van der Waals surface area contributed by atoms with Crippen molar-refractivity contribution >= 4 is 32.6 Å². The number of nitrogens with zero attached hydrogens (tertiary/aromatic N) is 3. The molecule has 0 bridgehead atoms. The molecule has 0 radical (unpaired) electrons. The molecule has 128 valence electrons. The largest absolute Gasteiger partial charge is 0.345 e. The number of anilines is 1. The molecule has 1 amide bonds. The van der Waals surface area contributed by atoms with Crippen molar-refractivity contribution < 1.29 is 9.18 Å². The summed E-state index contributed by atoms with van der Waals surface area (Å²) >= 11 is 1.50. The molecule has 0 saturated carbocycles. The lowest BCUT2D eigenvalue weighted by Gasteiger charge is -2.34. The Morgan fingerprint density at radius 3 is 2.68 bits per heavy atom. The highest BCUT2D eigenvalue weighted by Crippen LogP contribution is 2.30. The molecule has 1 aliphatic rings. The zero-order valence-corrected chi connectivity index (χ0v) is 14.7. The molecule has 1 aliphatic heterocycles. The summed E-state index contributed by atoms with van der Waals surface area (Å²) in [6.07, 6.45) is 0. The van der Waals surface area contributed by atoms with Crippen molar-refractivity contribution in [2.24, 2.45) is 0 Å². The third-order valence-electron chi connectivity index (χ3n) is 4.44. The predicted octanol–water partition coefficient (Wildman–Crippen LogP) is 3.71. The molecule has 0 spiro atoms. The second-order valence-corrected chi connectivity index (χ2v) is 7.27. The highest BCUT2D eigenvalue weighted by atomic mass is 32.1. The van der Waals surface area contributed by atoms with Crippen LogP contribution in [0.25, 0.3) is 10.2 Å². The first-order chi connectivity index (χ1) is 12.1. The van der Waals surface area contributed by atoms with Gasteiger partial charge in [0.15, 0.2) is 5.13 Å². The minimum Gasteiger partial charge on any atom is -0.345 e. The Balaban J connectivity index is 1.46. The smallest absolute Gasteiger partial charge is 0.253 e. The SMILES string of the molecule is Cc1cccc(C(=O)N2CCN(c3nc4ccc(F)cc4s3)CC2)c1. The van der Waals surface area contributed by atoms with Gasteiger partial charge in [0.05, 0.1) is 10.2 Å². The van der Waals surface area contributed by atoms with Crippen LogP contribution in [0.15, 0.2) is 42.5 Å². The summed E-state index contributed by atoms with van der Waals surface area (Å²) in [5.41, 5.74) is 2.65. The molecule has 6 heteroatoms. The number of fused-ring (bicyclic) bond motifs is 1. The highest BCUT2D eigenvalue weighted by Gasteiger charge is 2.24. The number of carbonyl (C=O) groups excluding carboxylic acids is 1. The molecule has 2 aromatic carbocycles. The zero-order valence-electron chi connectivity index (χ0n) is 13.9. The van der Waals surface area contributed by atoms with E-state index in [9.17, 15) is 9.18 Å². The molecule has 1 aromatic heterocycles. The Morgan fingerprint density at radius 1 is 1.12 bits per heavy atom. The minimum absolute atomic E-state index is 0.0784. The van der Waals surface area contributed by atoms with Gasteiger partial charge in [-0.15, -0.1) is 0 Å². The van der Waals surface area contributed by atoms with Crippen LogP contribution in [0, 0.1) is 12.7 Å². The summed E-state index contributed by atoms with van der Waals surface area (Å²) in [5.74, 6) is -0.161. The van der Waals surface area contributed by atoms with E-state index in [1.807, 2.05) is 36.1 Å². The van der Waals surface area contributed by atoms with E-state index in [4.69, 9.17) is 0 Å². The summed E-state index contributed by atoms with van der Waals surface area (Å²) < 4.78 is 14.2. The molecule has 3 aromatic rings. The lowest BCUT2D eigenvalue weighted by Crippen LogP contribution is -2.48. The van der Waals surface area contributed by atoms with E-state index in [0.29, 0.717) is 13.1 Å². The van der Waals surface area contributed by atoms with Crippen molar-refractivity contribution in [2.75, 3.05) is 31.1 Å². The van der Waals surface area contributed by atoms with Gasteiger partial charge in [0, 0.05) is 31.7 Å². The highest BCUT2D eigenvalue weighted by molar-refractivity contribution is 7.22. The van der Waals surface area contributed by atoms with Gasteiger partial charge in [-0.3, -0.25) is 4.79 Å². The van der Waals surface area contributed by atoms with Crippen molar-refractivity contribution in [3.05, 3.63) is 59.4 Å². The summed E-state index contributed by atoms with van der Waals surface area (Å²) in [6, 6.07) is 12.4. The lowest BCUT2D eigenvalue weighted by atomic mass is 10.1. The van der Waals surface area contributed by atoms with Crippen molar-refractivity contribution in [1.29, 1.82) is 0 Å². The quantitative estimate of drug-likeness (QED) is 0.703. The van der Waals surface area contributed by atoms with Gasteiger partial charge in [0.1, 0.15) is 5.82 Å². The van der Waals surface area contributed by atoms with Crippen molar-refractivity contribution in [3.63, 3.8) is 0 Å². The fourth-order valence-electron chi connectivity index (χ4n) is 3.08. The summed E-state index contributed by atoms with van der Waals surface area (Å²) in [7, 11) is 0. The molecule has 2 heterocycles. The zero-order chi connectivity index (χ0) is 17.4. The number of hydrogen-bond acceptors (Lipinski definition) is 4. The van der Waals surface area contributed by atoms with E-state index >= 15 is 0 Å². The molecule has 25 heavy (non-hydrogen) atoms. The van der Waals surface area contributed by atoms with Crippen LogP contribution in [0.3, 0.4) is 0 Å². The number of aryl methyl sites for hydroxylation is 1. The third-order valence-corrected chi connectivity index (χ3v) is 5.52. The van der Waals surface area contributed by atoms with Gasteiger partial charge in [-0.05, 0) is 37.3 Å². The first-order valence-electron chi connectivity index (χ1n) is 8.27. The number of carbonyl (C=O) groups is 1. The second kappa shape index (κ2) is 6.44. The fraction of sp³-hybridized carbons (Fsp3) is 0.263. The number of benzene rings is 2. The van der Waals surface area contributed by atoms with Crippen molar-refractivity contribution in [1.82, 2.24) is 9.88 Å². The maximum atomic E-state index is 13.3. The molecular formula is C19H18FN3OS. The average molecular weight is 355 g/mol. The first kappa shape index (κ1) is 16.0. The van der Waals surface area contributed by atoms with Crippen LogP contribution in [0.5, 0.6) is 0 Å². The third kappa shape index (κ3) is 3.22. The predicted molar refractivity (Wildman–Crippen MR) is 98.9 cm³/mol. The molecule has 4 rings (SSSR count). The van der Waals surface area contributed by atoms with E-state index in [0.717, 1.165) is 39.6 Å². The van der Waals surface area contributed by atoms with Gasteiger partial charge in [-0.2, -0.15) is 0 Å². The van der Waals surface area contributed by atoms with E-state index in [1.54, 1.807) is 6.07 Å². The molecule has 0 atom stereocenters. The van der Waals surface area contributed by atoms with Gasteiger partial charge < -0.3 is 9.80 Å². The molecule has 0 unspecified atom stereocenters. The van der Waals surface area contributed by atoms with E-state index in [2.05, 4.69) is 9.88 Å². The molecule has 4 nitrogen and oxygen atoms in total. The van der Waals surface area contributed by atoms with Crippen LogP contribution in [0.4, 0.5) is 9.52 Å². The van der Waals surface area contributed by atoms with Gasteiger partial charge in [0.2, 0.25) is 0 Å². The number of rotatable bonds is 2. The van der Waals surface area contributed by atoms with E-state index in [1.165, 1.54) is 23.5 Å². The number of thiazole rings is 1. The number of hydrogen-bond donors (Lipinski definition) is 0. The Bertz CT molecular complexity index is 931. The van der Waals surface area contributed by atoms with Crippen LogP contribution in [0.1, 0.15) is 15.9 Å². The lowest BCUT2D eigenvalue weighted by molar-refractivity contribution is 0.0746. The van der Waals surface area contributed by atoms with E-state index < -0.39 is 0 Å². The summed E-state index contributed by atoms with van der Waals surface area (Å²) in [5, 5.41) is 0.892. The number of piperazine rings is 1. The van der Waals surface area contributed by atoms with Crippen molar-refractivity contribution in [2.45, 2.75) is 6.92 Å². The van der Waals surface area contributed by atoms with Crippen LogP contribution >= 0.6 is 11.3 Å². The maximum Gasteiger partial charge on any atom is 0.253 e. The average Bonchev–Trinajstić information content (AvgIpc) is 3.04. The summed E-state index contributed by atoms with van der Waals surface area (Å²) in [4.78, 5) is 21.3. The van der Waals surface area contributed by atoms with Crippen LogP contribution in [-0.2, 0) is 0 Å². The summed E-state index contributed by atoms with van der Waals surface area (Å²) in [6.45, 7) is 4.79. The minimum atomic E-state index is -0.240. The van der Waals surface area contributed by atoms with Crippen LogP contribution in [-0.4, -0.2) is 42.0 Å². The molecule has 1 fully saturated rings. The molecule has 0 aliphatic carbocycles. The first-order valence-corrected chi connectivity index (χ1v) is 9.09. The second-order valence-electron chi connectivity index (χ2n) is 6.26. The Hall–Kier alpha value is -2.47.